The molecule has 0 aliphatic carbocycles. The molecule has 0 atom stereocenters. The molecule has 100 valence electrons. The van der Waals surface area contributed by atoms with Crippen LogP contribution in [0.15, 0.2) is 30.3 Å². The second kappa shape index (κ2) is 10.3. The Morgan fingerprint density at radius 3 is 2.17 bits per heavy atom. The van der Waals surface area contributed by atoms with E-state index in [1.165, 1.54) is 6.92 Å². The van der Waals surface area contributed by atoms with Gasteiger partial charge in [0.1, 0.15) is 0 Å². The predicted molar refractivity (Wildman–Crippen MR) is 69.9 cm³/mol. The van der Waals surface area contributed by atoms with E-state index in [0.29, 0.717) is 6.54 Å². The summed E-state index contributed by atoms with van der Waals surface area (Å²) in [4.78, 5) is 21.7. The monoisotopic (exact) mass is 252 g/mol. The van der Waals surface area contributed by atoms with Crippen LogP contribution in [0.3, 0.4) is 0 Å². The smallest absolute Gasteiger partial charge is 0.239 e. The van der Waals surface area contributed by atoms with Gasteiger partial charge in [0.25, 0.3) is 0 Å². The highest BCUT2D eigenvalue weighted by atomic mass is 16.4. The lowest BCUT2D eigenvalue weighted by Crippen LogP contribution is -2.35. The Morgan fingerprint density at radius 2 is 1.67 bits per heavy atom. The van der Waals surface area contributed by atoms with Crippen LogP contribution in [0, 0.1) is 0 Å². The molecule has 0 radical (unpaired) electrons. The van der Waals surface area contributed by atoms with Gasteiger partial charge in [0.2, 0.25) is 11.8 Å². The van der Waals surface area contributed by atoms with Crippen molar-refractivity contribution in [3.63, 3.8) is 0 Å². The lowest BCUT2D eigenvalue weighted by molar-refractivity contribution is -0.125. The standard InChI is InChI=1S/C11H14N2O2.C2H6O/c1-9(14)12-8-11(15)13-7-10-5-3-2-4-6-10;1-3-2/h2-6H,7-8H2,1H3,(H,12,14)(H,13,15);1-2H3. The lowest BCUT2D eigenvalue weighted by atomic mass is 10.2. The minimum atomic E-state index is -0.204. The number of carbonyl (C=O) groups is 2. The summed E-state index contributed by atoms with van der Waals surface area (Å²) >= 11 is 0. The van der Waals surface area contributed by atoms with Crippen molar-refractivity contribution in [1.82, 2.24) is 10.6 Å². The summed E-state index contributed by atoms with van der Waals surface area (Å²) in [5.74, 6) is -0.390. The van der Waals surface area contributed by atoms with Crippen LogP contribution in [-0.4, -0.2) is 32.6 Å². The summed E-state index contributed by atoms with van der Waals surface area (Å²) in [5.41, 5.74) is 1.04. The normalized spacial score (nSPS) is 8.83. The molecule has 0 aromatic heterocycles. The molecule has 0 saturated heterocycles. The Balaban J connectivity index is 0.000000873. The van der Waals surface area contributed by atoms with Gasteiger partial charge in [-0.15, -0.1) is 0 Å². The van der Waals surface area contributed by atoms with Crippen LogP contribution in [0.5, 0.6) is 0 Å². The fourth-order valence-corrected chi connectivity index (χ4v) is 1.06. The van der Waals surface area contributed by atoms with Crippen molar-refractivity contribution in [2.45, 2.75) is 13.5 Å². The molecule has 0 fully saturated rings. The van der Waals surface area contributed by atoms with Crippen LogP contribution < -0.4 is 10.6 Å². The highest BCUT2D eigenvalue weighted by Crippen LogP contribution is 1.96. The number of hydrogen-bond donors (Lipinski definition) is 2. The molecular formula is C13H20N2O3. The molecule has 2 N–H and O–H groups in total. The Bertz CT molecular complexity index is 353. The van der Waals surface area contributed by atoms with E-state index in [4.69, 9.17) is 0 Å². The van der Waals surface area contributed by atoms with E-state index in [1.54, 1.807) is 14.2 Å². The van der Waals surface area contributed by atoms with Crippen LogP contribution in [0.2, 0.25) is 0 Å². The maximum atomic E-state index is 11.2. The van der Waals surface area contributed by atoms with Crippen LogP contribution in [0.4, 0.5) is 0 Å². The van der Waals surface area contributed by atoms with Crippen molar-refractivity contribution in [3.05, 3.63) is 35.9 Å². The van der Waals surface area contributed by atoms with Gasteiger partial charge in [0.15, 0.2) is 0 Å². The zero-order valence-electron chi connectivity index (χ0n) is 11.0. The van der Waals surface area contributed by atoms with Gasteiger partial charge >= 0.3 is 0 Å². The fraction of sp³-hybridized carbons (Fsp3) is 0.385. The molecule has 0 aliphatic heterocycles. The fourth-order valence-electron chi connectivity index (χ4n) is 1.06. The number of nitrogens with one attached hydrogen (secondary N) is 2. The highest BCUT2D eigenvalue weighted by Gasteiger charge is 2.00. The Kier molecular flexibility index (Phi) is 9.21. The van der Waals surface area contributed by atoms with E-state index in [1.807, 2.05) is 30.3 Å². The van der Waals surface area contributed by atoms with Crippen LogP contribution >= 0.6 is 0 Å². The molecule has 0 saturated carbocycles. The largest absolute Gasteiger partial charge is 0.388 e. The first-order valence-electron chi connectivity index (χ1n) is 5.55. The summed E-state index contributed by atoms with van der Waals surface area (Å²) < 4.78 is 4.25. The molecule has 1 rings (SSSR count). The Morgan fingerprint density at radius 1 is 1.11 bits per heavy atom. The predicted octanol–water partition coefficient (Wildman–Crippen LogP) is 0.701. The molecule has 0 heterocycles. The third-order valence-corrected chi connectivity index (χ3v) is 1.83. The van der Waals surface area contributed by atoms with E-state index in [0.717, 1.165) is 5.56 Å². The Hall–Kier alpha value is -1.88. The summed E-state index contributed by atoms with van der Waals surface area (Å²) in [6.07, 6.45) is 0. The molecule has 0 unspecified atom stereocenters. The molecule has 2 amide bonds. The minimum Gasteiger partial charge on any atom is -0.388 e. The van der Waals surface area contributed by atoms with Crippen molar-refractivity contribution in [3.8, 4) is 0 Å². The van der Waals surface area contributed by atoms with E-state index in [-0.39, 0.29) is 18.4 Å². The van der Waals surface area contributed by atoms with Gasteiger partial charge in [-0.3, -0.25) is 9.59 Å². The molecule has 1 aromatic carbocycles. The van der Waals surface area contributed by atoms with Crippen molar-refractivity contribution in [2.24, 2.45) is 0 Å². The summed E-state index contributed by atoms with van der Waals surface area (Å²) in [6.45, 7) is 1.89. The van der Waals surface area contributed by atoms with Gasteiger partial charge in [-0.25, -0.2) is 0 Å². The molecule has 18 heavy (non-hydrogen) atoms. The molecular weight excluding hydrogens is 232 g/mol. The molecule has 5 heteroatoms. The average molecular weight is 252 g/mol. The van der Waals surface area contributed by atoms with Crippen molar-refractivity contribution < 1.29 is 14.3 Å². The van der Waals surface area contributed by atoms with E-state index < -0.39 is 0 Å². The summed E-state index contributed by atoms with van der Waals surface area (Å²) in [5, 5.41) is 5.13. The number of methoxy groups -OCH3 is 1. The van der Waals surface area contributed by atoms with Gasteiger partial charge in [-0.2, -0.15) is 0 Å². The number of ether oxygens (including phenoxy) is 1. The maximum absolute atomic E-state index is 11.2. The molecule has 0 spiro atoms. The second-order valence-electron chi connectivity index (χ2n) is 3.58. The lowest BCUT2D eigenvalue weighted by Gasteiger charge is -2.05. The van der Waals surface area contributed by atoms with Crippen LogP contribution in [-0.2, 0) is 20.9 Å². The number of amides is 2. The third-order valence-electron chi connectivity index (χ3n) is 1.83. The van der Waals surface area contributed by atoms with Gasteiger partial charge in [-0.1, -0.05) is 30.3 Å². The summed E-state index contributed by atoms with van der Waals surface area (Å²) in [6, 6.07) is 9.60. The molecule has 5 nitrogen and oxygen atoms in total. The Labute approximate surface area is 108 Å². The van der Waals surface area contributed by atoms with Crippen LogP contribution in [0.25, 0.3) is 0 Å². The van der Waals surface area contributed by atoms with Gasteiger partial charge in [0, 0.05) is 27.7 Å². The molecule has 0 bridgehead atoms. The van der Waals surface area contributed by atoms with E-state index in [2.05, 4.69) is 15.4 Å². The van der Waals surface area contributed by atoms with Crippen LogP contribution in [0.1, 0.15) is 12.5 Å². The topological polar surface area (TPSA) is 67.4 Å². The third kappa shape index (κ3) is 9.35. The number of benzene rings is 1. The SMILES string of the molecule is CC(=O)NCC(=O)NCc1ccccc1.COC. The van der Waals surface area contributed by atoms with Crippen molar-refractivity contribution >= 4 is 11.8 Å². The zero-order valence-corrected chi connectivity index (χ0v) is 11.0. The second-order valence-corrected chi connectivity index (χ2v) is 3.58. The van der Waals surface area contributed by atoms with Crippen molar-refractivity contribution in [1.29, 1.82) is 0 Å². The number of hydrogen-bond acceptors (Lipinski definition) is 3. The summed E-state index contributed by atoms with van der Waals surface area (Å²) in [7, 11) is 3.25. The maximum Gasteiger partial charge on any atom is 0.239 e. The van der Waals surface area contributed by atoms with Gasteiger partial charge < -0.3 is 15.4 Å². The first-order chi connectivity index (χ1) is 8.60. The highest BCUT2D eigenvalue weighted by molar-refractivity contribution is 5.83. The average Bonchev–Trinajstić information content (AvgIpc) is 2.36. The first-order valence-corrected chi connectivity index (χ1v) is 5.55. The zero-order chi connectivity index (χ0) is 13.8. The number of rotatable bonds is 4. The molecule has 0 aliphatic rings. The number of carbonyl (C=O) groups excluding carboxylic acids is 2. The van der Waals surface area contributed by atoms with E-state index in [9.17, 15) is 9.59 Å². The van der Waals surface area contributed by atoms with Gasteiger partial charge in [0.05, 0.1) is 6.54 Å². The van der Waals surface area contributed by atoms with Crippen molar-refractivity contribution in [2.75, 3.05) is 20.8 Å². The van der Waals surface area contributed by atoms with E-state index >= 15 is 0 Å². The molecule has 1 aromatic rings. The quantitative estimate of drug-likeness (QED) is 0.829. The minimum absolute atomic E-state index is 0.0299. The van der Waals surface area contributed by atoms with Gasteiger partial charge in [-0.05, 0) is 5.56 Å². The first kappa shape index (κ1) is 16.1.